The van der Waals surface area contributed by atoms with Crippen LogP contribution in [0, 0.1) is 6.92 Å². The first kappa shape index (κ1) is 26.7. The maximum atomic E-state index is 13.6. The van der Waals surface area contributed by atoms with Gasteiger partial charge in [0.1, 0.15) is 5.52 Å². The Morgan fingerprint density at radius 3 is 2.13 bits per heavy atom. The number of aryl methyl sites for hydroxylation is 2. The van der Waals surface area contributed by atoms with Crippen LogP contribution < -0.4 is 15.2 Å². The van der Waals surface area contributed by atoms with E-state index < -0.39 is 31.0 Å². The number of likely N-dealkylation sites (N-methyl/N-ethyl adjacent to an activating group) is 1. The first-order valence-corrected chi connectivity index (χ1v) is 15.3. The molecule has 0 fully saturated rings. The average molecular weight is 570 g/mol. The molecule has 12 heteroatoms. The number of rotatable bonds is 4. The third-order valence-corrected chi connectivity index (χ3v) is 9.65. The molecule has 0 aliphatic carbocycles. The number of carbonyl (C=O) groups is 1. The van der Waals surface area contributed by atoms with Gasteiger partial charge in [0, 0.05) is 49.3 Å². The molecule has 0 unspecified atom stereocenters. The van der Waals surface area contributed by atoms with Gasteiger partial charge in [0.25, 0.3) is 21.5 Å². The monoisotopic (exact) mass is 569 g/mol. The van der Waals surface area contributed by atoms with Crippen molar-refractivity contribution in [3.8, 4) is 16.9 Å². The summed E-state index contributed by atoms with van der Waals surface area (Å²) in [5.74, 6) is -0.129. The highest BCUT2D eigenvalue weighted by Crippen LogP contribution is 2.47. The van der Waals surface area contributed by atoms with Crippen LogP contribution in [0.3, 0.4) is 0 Å². The van der Waals surface area contributed by atoms with Gasteiger partial charge < -0.3 is 14.2 Å². The van der Waals surface area contributed by atoms with Gasteiger partial charge in [-0.05, 0) is 51.1 Å². The van der Waals surface area contributed by atoms with Gasteiger partial charge in [-0.3, -0.25) is 9.59 Å². The summed E-state index contributed by atoms with van der Waals surface area (Å²) < 4.78 is 60.7. The van der Waals surface area contributed by atoms with Crippen LogP contribution in [-0.4, -0.2) is 50.2 Å². The van der Waals surface area contributed by atoms with Gasteiger partial charge in [-0.2, -0.15) is 0 Å². The summed E-state index contributed by atoms with van der Waals surface area (Å²) in [4.78, 5) is 27.6. The van der Waals surface area contributed by atoms with Crippen LogP contribution in [0.2, 0.25) is 0 Å². The van der Waals surface area contributed by atoms with Gasteiger partial charge in [0.05, 0.1) is 15.5 Å². The van der Waals surface area contributed by atoms with Gasteiger partial charge in [-0.1, -0.05) is 17.7 Å². The number of pyridine rings is 1. The molecular weight excluding hydrogens is 542 g/mol. The average Bonchev–Trinajstić information content (AvgIpc) is 3.31. The number of anilines is 1. The van der Waals surface area contributed by atoms with Crippen LogP contribution in [0.5, 0.6) is 5.75 Å². The molecule has 2 aromatic carbocycles. The van der Waals surface area contributed by atoms with Crippen molar-refractivity contribution in [3.05, 3.63) is 70.8 Å². The van der Waals surface area contributed by atoms with Gasteiger partial charge >= 0.3 is 0 Å². The van der Waals surface area contributed by atoms with E-state index in [-0.39, 0.29) is 38.0 Å². The number of benzene rings is 2. The van der Waals surface area contributed by atoms with E-state index in [9.17, 15) is 26.4 Å². The molecule has 0 saturated heterocycles. The van der Waals surface area contributed by atoms with Crippen LogP contribution in [0.4, 0.5) is 5.69 Å². The molecule has 0 bridgehead atoms. The van der Waals surface area contributed by atoms with Gasteiger partial charge in [-0.25, -0.2) is 20.8 Å². The van der Waals surface area contributed by atoms with E-state index in [4.69, 9.17) is 4.74 Å². The first-order valence-electron chi connectivity index (χ1n) is 11.9. The van der Waals surface area contributed by atoms with Crippen molar-refractivity contribution in [2.45, 2.75) is 36.2 Å². The Morgan fingerprint density at radius 1 is 0.872 bits per heavy atom. The number of amides is 1. The Balaban J connectivity index is 1.87. The summed E-state index contributed by atoms with van der Waals surface area (Å²) in [6.07, 6.45) is 3.86. The van der Waals surface area contributed by atoms with Crippen LogP contribution in [0.15, 0.2) is 69.4 Å². The normalized spacial score (nSPS) is 15.3. The number of fused-ring (bicyclic) bond motifs is 2. The fourth-order valence-electron chi connectivity index (χ4n) is 4.74. The first-order chi connectivity index (χ1) is 18.0. The molecule has 1 aliphatic rings. The van der Waals surface area contributed by atoms with Gasteiger partial charge in [0.15, 0.2) is 21.2 Å². The molecule has 39 heavy (non-hydrogen) atoms. The third kappa shape index (κ3) is 4.14. The van der Waals surface area contributed by atoms with Crippen molar-refractivity contribution < 1.29 is 26.4 Å². The van der Waals surface area contributed by atoms with E-state index in [2.05, 4.69) is 0 Å². The SMILES string of the molecule is Cc1ccc(S(=O)(=O)n2ccc3c(-c4cc(S(C)(=O)=O)cc5c4OC(C)(C)C(=O)N5C)cn(C)c(=O)c32)cc1. The molecule has 4 aromatic rings. The van der Waals surface area contributed by atoms with Gasteiger partial charge in [-0.15, -0.1) is 0 Å². The lowest BCUT2D eigenvalue weighted by molar-refractivity contribution is -0.132. The molecule has 0 spiro atoms. The highest BCUT2D eigenvalue weighted by Gasteiger charge is 2.41. The second kappa shape index (κ2) is 8.55. The molecule has 0 atom stereocenters. The Hall–Kier alpha value is -3.90. The summed E-state index contributed by atoms with van der Waals surface area (Å²) in [5, 5.41) is 0.280. The van der Waals surface area contributed by atoms with E-state index in [1.807, 2.05) is 6.92 Å². The topological polar surface area (TPSA) is 125 Å². The number of sulfone groups is 1. The minimum absolute atomic E-state index is 0.0136. The Bertz CT molecular complexity index is 1970. The molecular formula is C27H27N3O7S2. The quantitative estimate of drug-likeness (QED) is 0.370. The molecule has 2 aromatic heterocycles. The number of hydrogen-bond acceptors (Lipinski definition) is 7. The standard InChI is InChI=1S/C27H27N3O7S2/c1-16-7-9-17(10-8-16)39(35,36)30-12-11-19-21(15-28(4)25(31)23(19)30)20-13-18(38(6,33)34)14-22-24(20)37-27(2,3)26(32)29(22)5/h7-15H,1-6H3. The lowest BCUT2D eigenvalue weighted by atomic mass is 9.98. The van der Waals surface area contributed by atoms with E-state index in [1.165, 1.54) is 66.3 Å². The summed E-state index contributed by atoms with van der Waals surface area (Å²) >= 11 is 0. The van der Waals surface area contributed by atoms with Crippen molar-refractivity contribution >= 4 is 42.4 Å². The maximum Gasteiger partial charge on any atom is 0.275 e. The number of nitrogens with zero attached hydrogens (tertiary/aromatic N) is 3. The zero-order valence-electron chi connectivity index (χ0n) is 22.2. The molecule has 0 N–H and O–H groups in total. The third-order valence-electron chi connectivity index (χ3n) is 6.87. The van der Waals surface area contributed by atoms with E-state index in [0.29, 0.717) is 11.1 Å². The number of ether oxygens (including phenoxy) is 1. The molecule has 0 saturated carbocycles. The number of carbonyl (C=O) groups excluding carboxylic acids is 1. The van der Waals surface area contributed by atoms with Gasteiger partial charge in [0.2, 0.25) is 0 Å². The second-order valence-corrected chi connectivity index (χ2v) is 14.0. The molecule has 5 rings (SSSR count). The van der Waals surface area contributed by atoms with E-state index >= 15 is 0 Å². The predicted molar refractivity (Wildman–Crippen MR) is 148 cm³/mol. The molecule has 0 radical (unpaired) electrons. The molecule has 3 heterocycles. The number of aromatic nitrogens is 2. The zero-order valence-corrected chi connectivity index (χ0v) is 23.8. The summed E-state index contributed by atoms with van der Waals surface area (Å²) in [7, 11) is -4.86. The minimum atomic E-state index is -4.14. The summed E-state index contributed by atoms with van der Waals surface area (Å²) in [6.45, 7) is 5.04. The van der Waals surface area contributed by atoms with Crippen molar-refractivity contribution in [1.29, 1.82) is 0 Å². The van der Waals surface area contributed by atoms with Crippen LogP contribution in [0.25, 0.3) is 22.0 Å². The Kier molecular flexibility index (Phi) is 5.85. The van der Waals surface area contributed by atoms with Crippen molar-refractivity contribution in [1.82, 2.24) is 8.54 Å². The van der Waals surface area contributed by atoms with Crippen LogP contribution in [-0.2, 0) is 31.7 Å². The van der Waals surface area contributed by atoms with Crippen LogP contribution >= 0.6 is 0 Å². The summed E-state index contributed by atoms with van der Waals surface area (Å²) in [6, 6.07) is 10.6. The Labute approximate surface area is 226 Å². The molecule has 1 aliphatic heterocycles. The second-order valence-electron chi connectivity index (χ2n) is 10.2. The van der Waals surface area contributed by atoms with Crippen molar-refractivity contribution in [3.63, 3.8) is 0 Å². The fraction of sp³-hybridized carbons (Fsp3) is 0.259. The Morgan fingerprint density at radius 2 is 1.51 bits per heavy atom. The van der Waals surface area contributed by atoms with Crippen molar-refractivity contribution in [2.24, 2.45) is 7.05 Å². The zero-order chi connectivity index (χ0) is 28.7. The van der Waals surface area contributed by atoms with Crippen molar-refractivity contribution in [2.75, 3.05) is 18.2 Å². The molecule has 1 amide bonds. The smallest absolute Gasteiger partial charge is 0.275 e. The van der Waals surface area contributed by atoms with E-state index in [0.717, 1.165) is 15.8 Å². The number of hydrogen-bond donors (Lipinski definition) is 0. The molecule has 10 nitrogen and oxygen atoms in total. The highest BCUT2D eigenvalue weighted by atomic mass is 32.2. The highest BCUT2D eigenvalue weighted by molar-refractivity contribution is 7.90. The summed E-state index contributed by atoms with van der Waals surface area (Å²) in [5.41, 5.74) is -0.136. The lowest BCUT2D eigenvalue weighted by Gasteiger charge is -2.38. The van der Waals surface area contributed by atoms with Crippen LogP contribution in [0.1, 0.15) is 19.4 Å². The van der Waals surface area contributed by atoms with E-state index in [1.54, 1.807) is 26.0 Å². The molecule has 204 valence electrons. The maximum absolute atomic E-state index is 13.6. The fourth-order valence-corrected chi connectivity index (χ4v) is 6.74. The predicted octanol–water partition coefficient (Wildman–Crippen LogP) is 3.09. The largest absolute Gasteiger partial charge is 0.475 e. The lowest BCUT2D eigenvalue weighted by Crippen LogP contribution is -2.51. The minimum Gasteiger partial charge on any atom is -0.475 e.